The first kappa shape index (κ1) is 12.5. The van der Waals surface area contributed by atoms with Gasteiger partial charge in [-0.05, 0) is 32.6 Å². The van der Waals surface area contributed by atoms with Gasteiger partial charge in [-0.1, -0.05) is 0 Å². The van der Waals surface area contributed by atoms with E-state index < -0.39 is 0 Å². The maximum absolute atomic E-state index is 12.6. The maximum atomic E-state index is 12.6. The molecule has 0 saturated carbocycles. The Hall–Kier alpha value is -1.49. The number of amides is 1. The largest absolute Gasteiger partial charge is 0.331 e. The molecule has 1 amide bonds. The number of aryl methyl sites for hydroxylation is 1. The van der Waals surface area contributed by atoms with E-state index in [1.165, 1.54) is 0 Å². The van der Waals surface area contributed by atoms with Crippen molar-refractivity contribution in [3.8, 4) is 0 Å². The van der Waals surface area contributed by atoms with Crippen LogP contribution in [0.5, 0.6) is 0 Å². The van der Waals surface area contributed by atoms with Gasteiger partial charge in [0.15, 0.2) is 0 Å². The fourth-order valence-electron chi connectivity index (χ4n) is 3.41. The smallest absolute Gasteiger partial charge is 0.274 e. The van der Waals surface area contributed by atoms with Crippen molar-refractivity contribution in [2.45, 2.75) is 26.3 Å². The zero-order valence-corrected chi connectivity index (χ0v) is 11.7. The Morgan fingerprint density at radius 2 is 2.16 bits per heavy atom. The molecule has 0 radical (unpaired) electrons. The number of nitrogens with one attached hydrogen (secondary N) is 1. The highest BCUT2D eigenvalue weighted by Crippen LogP contribution is 2.41. The quantitative estimate of drug-likeness (QED) is 0.813. The molecule has 1 aromatic rings. The summed E-state index contributed by atoms with van der Waals surface area (Å²) in [4.78, 5) is 23.0. The van der Waals surface area contributed by atoms with Gasteiger partial charge >= 0.3 is 0 Å². The summed E-state index contributed by atoms with van der Waals surface area (Å²) < 4.78 is 0. The van der Waals surface area contributed by atoms with Gasteiger partial charge in [-0.3, -0.25) is 9.78 Å². The van der Waals surface area contributed by atoms with Crippen LogP contribution in [0.25, 0.3) is 0 Å². The number of hydrogen-bond acceptors (Lipinski definition) is 4. The van der Waals surface area contributed by atoms with Crippen LogP contribution in [0.3, 0.4) is 0 Å². The average molecular weight is 260 g/mol. The first-order chi connectivity index (χ1) is 9.00. The van der Waals surface area contributed by atoms with E-state index >= 15 is 0 Å². The van der Waals surface area contributed by atoms with Crippen molar-refractivity contribution in [2.75, 3.05) is 19.6 Å². The van der Waals surface area contributed by atoms with Crippen molar-refractivity contribution < 1.29 is 4.79 Å². The highest BCUT2D eigenvalue weighted by atomic mass is 16.2. The van der Waals surface area contributed by atoms with E-state index in [4.69, 9.17) is 0 Å². The molecule has 3 heterocycles. The molecular formula is C14H20N4O. The molecule has 1 aromatic heterocycles. The monoisotopic (exact) mass is 260 g/mol. The molecule has 2 aliphatic rings. The average Bonchev–Trinajstić information content (AvgIpc) is 2.92. The summed E-state index contributed by atoms with van der Waals surface area (Å²) in [5, 5.41) is 3.42. The first-order valence-corrected chi connectivity index (χ1v) is 6.81. The lowest BCUT2D eigenvalue weighted by atomic mass is 9.85. The summed E-state index contributed by atoms with van der Waals surface area (Å²) in [5.41, 5.74) is 1.17. The van der Waals surface area contributed by atoms with Gasteiger partial charge in [-0.2, -0.15) is 0 Å². The van der Waals surface area contributed by atoms with Crippen molar-refractivity contribution >= 4 is 5.91 Å². The van der Waals surface area contributed by atoms with Gasteiger partial charge in [-0.15, -0.1) is 0 Å². The lowest BCUT2D eigenvalue weighted by Crippen LogP contribution is -2.47. The highest BCUT2D eigenvalue weighted by molar-refractivity contribution is 5.92. The number of carbonyl (C=O) groups is 1. The van der Waals surface area contributed by atoms with Crippen molar-refractivity contribution in [3.63, 3.8) is 0 Å². The molecule has 3 rings (SSSR count). The number of rotatable bonds is 1. The van der Waals surface area contributed by atoms with Crippen LogP contribution in [-0.4, -0.2) is 45.9 Å². The minimum absolute atomic E-state index is 0.00639. The topological polar surface area (TPSA) is 58.1 Å². The van der Waals surface area contributed by atoms with Crippen LogP contribution in [0.1, 0.15) is 30.0 Å². The standard InChI is InChI=1S/C14H20N4O/c1-9-4-17-12(7-16-9)13(19)18-8-10-5-15-6-11(10)14(18,2)3/h4,7,10-11,15H,5-6,8H2,1-3H3. The Kier molecular flexibility index (Phi) is 2.82. The summed E-state index contributed by atoms with van der Waals surface area (Å²) in [5.74, 6) is 1.11. The third kappa shape index (κ3) is 1.92. The van der Waals surface area contributed by atoms with Gasteiger partial charge in [0, 0.05) is 31.4 Å². The second kappa shape index (κ2) is 4.27. The van der Waals surface area contributed by atoms with Crippen LogP contribution >= 0.6 is 0 Å². The molecule has 0 aliphatic carbocycles. The van der Waals surface area contributed by atoms with Crippen LogP contribution < -0.4 is 5.32 Å². The fourth-order valence-corrected chi connectivity index (χ4v) is 3.41. The zero-order valence-electron chi connectivity index (χ0n) is 11.7. The SMILES string of the molecule is Cc1cnc(C(=O)N2CC3CNCC3C2(C)C)cn1. The molecule has 19 heavy (non-hydrogen) atoms. The van der Waals surface area contributed by atoms with E-state index in [0.29, 0.717) is 17.5 Å². The van der Waals surface area contributed by atoms with Gasteiger partial charge in [0.25, 0.3) is 5.91 Å². The van der Waals surface area contributed by atoms with Crippen LogP contribution in [-0.2, 0) is 0 Å². The molecule has 1 N–H and O–H groups in total. The number of fused-ring (bicyclic) bond motifs is 1. The summed E-state index contributed by atoms with van der Waals surface area (Å²) >= 11 is 0. The lowest BCUT2D eigenvalue weighted by molar-refractivity contribution is 0.0596. The number of likely N-dealkylation sites (tertiary alicyclic amines) is 1. The van der Waals surface area contributed by atoms with Crippen molar-refractivity contribution in [1.82, 2.24) is 20.2 Å². The molecule has 0 bridgehead atoms. The molecule has 2 fully saturated rings. The molecule has 0 spiro atoms. The predicted octanol–water partition coefficient (Wildman–Crippen LogP) is 0.855. The van der Waals surface area contributed by atoms with Crippen LogP contribution in [0.4, 0.5) is 0 Å². The molecular weight excluding hydrogens is 240 g/mol. The van der Waals surface area contributed by atoms with Gasteiger partial charge in [0.1, 0.15) is 5.69 Å². The minimum atomic E-state index is -0.113. The summed E-state index contributed by atoms with van der Waals surface area (Å²) in [6.45, 7) is 9.02. The van der Waals surface area contributed by atoms with E-state index in [2.05, 4.69) is 29.1 Å². The first-order valence-electron chi connectivity index (χ1n) is 6.81. The summed E-state index contributed by atoms with van der Waals surface area (Å²) in [6, 6.07) is 0. The number of aromatic nitrogens is 2. The summed E-state index contributed by atoms with van der Waals surface area (Å²) in [7, 11) is 0. The zero-order chi connectivity index (χ0) is 13.6. The normalized spacial score (nSPS) is 28.5. The third-order valence-electron chi connectivity index (χ3n) is 4.61. The van der Waals surface area contributed by atoms with Gasteiger partial charge in [0.05, 0.1) is 11.9 Å². The predicted molar refractivity (Wildman–Crippen MR) is 71.7 cm³/mol. The minimum Gasteiger partial charge on any atom is -0.331 e. The van der Waals surface area contributed by atoms with E-state index in [-0.39, 0.29) is 11.4 Å². The second-order valence-electron chi connectivity index (χ2n) is 6.14. The Bertz CT molecular complexity index is 497. The Morgan fingerprint density at radius 3 is 2.79 bits per heavy atom. The molecule has 5 heteroatoms. The van der Waals surface area contributed by atoms with Crippen molar-refractivity contribution in [1.29, 1.82) is 0 Å². The number of carbonyl (C=O) groups excluding carboxylic acids is 1. The van der Waals surface area contributed by atoms with Crippen molar-refractivity contribution in [3.05, 3.63) is 23.8 Å². The second-order valence-corrected chi connectivity index (χ2v) is 6.14. The summed E-state index contributed by atoms with van der Waals surface area (Å²) in [6.07, 6.45) is 3.23. The number of hydrogen-bond donors (Lipinski definition) is 1. The Balaban J connectivity index is 1.86. The fraction of sp³-hybridized carbons (Fsp3) is 0.643. The molecule has 5 nitrogen and oxygen atoms in total. The molecule has 0 aromatic carbocycles. The van der Waals surface area contributed by atoms with Gasteiger partial charge in [-0.25, -0.2) is 4.98 Å². The van der Waals surface area contributed by atoms with Crippen LogP contribution in [0.2, 0.25) is 0 Å². The van der Waals surface area contributed by atoms with Crippen LogP contribution in [0, 0.1) is 18.8 Å². The lowest BCUT2D eigenvalue weighted by Gasteiger charge is -2.35. The third-order valence-corrected chi connectivity index (χ3v) is 4.61. The highest BCUT2D eigenvalue weighted by Gasteiger charge is 2.51. The van der Waals surface area contributed by atoms with E-state index in [1.807, 2.05) is 11.8 Å². The Morgan fingerprint density at radius 1 is 1.37 bits per heavy atom. The molecule has 102 valence electrons. The van der Waals surface area contributed by atoms with Crippen molar-refractivity contribution in [2.24, 2.45) is 11.8 Å². The van der Waals surface area contributed by atoms with E-state index in [9.17, 15) is 4.79 Å². The molecule has 2 aliphatic heterocycles. The van der Waals surface area contributed by atoms with Gasteiger partial charge in [0.2, 0.25) is 0 Å². The molecule has 2 atom stereocenters. The number of nitrogens with zero attached hydrogens (tertiary/aromatic N) is 3. The Labute approximate surface area is 113 Å². The van der Waals surface area contributed by atoms with Gasteiger partial charge < -0.3 is 10.2 Å². The van der Waals surface area contributed by atoms with Crippen LogP contribution in [0.15, 0.2) is 12.4 Å². The van der Waals surface area contributed by atoms with E-state index in [0.717, 1.165) is 25.3 Å². The molecule has 2 unspecified atom stereocenters. The van der Waals surface area contributed by atoms with E-state index in [1.54, 1.807) is 12.4 Å². The maximum Gasteiger partial charge on any atom is 0.274 e. The molecule has 2 saturated heterocycles.